The topological polar surface area (TPSA) is 54.3 Å². The normalized spacial score (nSPS) is 11.6. The molecular weight excluding hydrogens is 158 g/mol. The lowest BCUT2D eigenvalue weighted by Gasteiger charge is -2.09. The van der Waals surface area contributed by atoms with Gasteiger partial charge in [-0.15, -0.1) is 0 Å². The van der Waals surface area contributed by atoms with Gasteiger partial charge in [-0.1, -0.05) is 0 Å². The van der Waals surface area contributed by atoms with Crippen LogP contribution in [0.4, 0.5) is 0 Å². The van der Waals surface area contributed by atoms with Crippen molar-refractivity contribution in [3.8, 4) is 0 Å². The van der Waals surface area contributed by atoms with Gasteiger partial charge in [0.05, 0.1) is 0 Å². The maximum atomic E-state index is 10.6. The van der Waals surface area contributed by atoms with E-state index in [1.54, 1.807) is 10.8 Å². The molecule has 0 atom stereocenters. The lowest BCUT2D eigenvalue weighted by molar-refractivity contribution is -0.758. The summed E-state index contributed by atoms with van der Waals surface area (Å²) >= 11 is 0. The largest absolute Gasteiger partial charge is 0.471 e. The standard InChI is InChI=1S/C8H11NO3/c1-8(2,3)9-4-5-12-6(9)7(10)11/h4-5H,1-3H3/p+1. The fourth-order valence-corrected chi connectivity index (χ4v) is 0.962. The molecular formula is C8H12NO3+. The average molecular weight is 170 g/mol. The van der Waals surface area contributed by atoms with E-state index in [-0.39, 0.29) is 11.4 Å². The molecule has 0 aliphatic carbocycles. The third kappa shape index (κ3) is 1.47. The summed E-state index contributed by atoms with van der Waals surface area (Å²) in [7, 11) is 0. The summed E-state index contributed by atoms with van der Waals surface area (Å²) in [6.07, 6.45) is 2.98. The van der Waals surface area contributed by atoms with Crippen LogP contribution in [0.1, 0.15) is 31.5 Å². The van der Waals surface area contributed by atoms with E-state index < -0.39 is 5.97 Å². The summed E-state index contributed by atoms with van der Waals surface area (Å²) in [5, 5.41) is 8.70. The van der Waals surface area contributed by atoms with Gasteiger partial charge in [0.2, 0.25) is 6.20 Å². The highest BCUT2D eigenvalue weighted by Crippen LogP contribution is 2.06. The van der Waals surface area contributed by atoms with Crippen molar-refractivity contribution in [3.05, 3.63) is 18.4 Å². The number of carbonyl (C=O) groups is 1. The molecule has 0 saturated carbocycles. The average Bonchev–Trinajstić information content (AvgIpc) is 2.30. The Bertz CT molecular complexity index is 295. The summed E-state index contributed by atoms with van der Waals surface area (Å²) in [4.78, 5) is 10.6. The van der Waals surface area contributed by atoms with Gasteiger partial charge in [0.15, 0.2) is 11.8 Å². The highest BCUT2D eigenvalue weighted by molar-refractivity contribution is 5.80. The number of rotatable bonds is 1. The predicted octanol–water partition coefficient (Wildman–Crippen LogP) is 1.02. The molecule has 0 aliphatic rings. The van der Waals surface area contributed by atoms with Crippen LogP contribution in [0.3, 0.4) is 0 Å². The lowest BCUT2D eigenvalue weighted by Crippen LogP contribution is -2.52. The monoisotopic (exact) mass is 170 g/mol. The minimum absolute atomic E-state index is 0.0394. The van der Waals surface area contributed by atoms with Crippen molar-refractivity contribution >= 4 is 5.97 Å². The van der Waals surface area contributed by atoms with Crippen LogP contribution in [0.25, 0.3) is 0 Å². The van der Waals surface area contributed by atoms with Crippen molar-refractivity contribution in [1.82, 2.24) is 0 Å². The number of aromatic nitrogens is 1. The van der Waals surface area contributed by atoms with Crippen LogP contribution >= 0.6 is 0 Å². The van der Waals surface area contributed by atoms with E-state index in [1.165, 1.54) is 6.26 Å². The van der Waals surface area contributed by atoms with Crippen molar-refractivity contribution in [3.63, 3.8) is 0 Å². The third-order valence-corrected chi connectivity index (χ3v) is 1.51. The number of carboxylic acid groups (broad SMARTS) is 1. The minimum atomic E-state index is -1.05. The van der Waals surface area contributed by atoms with Gasteiger partial charge in [-0.3, -0.25) is 0 Å². The molecule has 1 aromatic heterocycles. The van der Waals surface area contributed by atoms with E-state index in [1.807, 2.05) is 20.8 Å². The van der Waals surface area contributed by atoms with E-state index in [0.29, 0.717) is 0 Å². The predicted molar refractivity (Wildman–Crippen MR) is 40.9 cm³/mol. The first kappa shape index (κ1) is 8.77. The molecule has 1 heterocycles. The van der Waals surface area contributed by atoms with Crippen LogP contribution in [-0.2, 0) is 5.54 Å². The number of carboxylic acids is 1. The zero-order chi connectivity index (χ0) is 9.35. The van der Waals surface area contributed by atoms with Crippen molar-refractivity contribution < 1.29 is 18.9 Å². The molecule has 0 saturated heterocycles. The van der Waals surface area contributed by atoms with E-state index >= 15 is 0 Å². The molecule has 0 spiro atoms. The molecule has 0 unspecified atom stereocenters. The summed E-state index contributed by atoms with van der Waals surface area (Å²) < 4.78 is 6.39. The van der Waals surface area contributed by atoms with Crippen LogP contribution in [0, 0.1) is 0 Å². The molecule has 0 fully saturated rings. The molecule has 4 heteroatoms. The number of hydrogen-bond donors (Lipinski definition) is 1. The molecule has 0 amide bonds. The Labute approximate surface area is 70.4 Å². The zero-order valence-electron chi connectivity index (χ0n) is 7.37. The van der Waals surface area contributed by atoms with Gasteiger partial charge < -0.3 is 9.52 Å². The Morgan fingerprint density at radius 1 is 1.58 bits per heavy atom. The number of aromatic carboxylic acids is 1. The second-order valence-corrected chi connectivity index (χ2v) is 3.55. The van der Waals surface area contributed by atoms with Gasteiger partial charge in [-0.2, -0.15) is 4.57 Å². The second-order valence-electron chi connectivity index (χ2n) is 3.55. The van der Waals surface area contributed by atoms with Crippen molar-refractivity contribution in [2.24, 2.45) is 0 Å². The quantitative estimate of drug-likeness (QED) is 0.640. The Kier molecular flexibility index (Phi) is 1.92. The number of oxazole rings is 1. The zero-order valence-corrected chi connectivity index (χ0v) is 7.37. The van der Waals surface area contributed by atoms with Crippen LogP contribution in [0.2, 0.25) is 0 Å². The highest BCUT2D eigenvalue weighted by Gasteiger charge is 2.32. The molecule has 1 aromatic rings. The summed E-state index contributed by atoms with van der Waals surface area (Å²) in [5.74, 6) is -1.09. The van der Waals surface area contributed by atoms with Crippen molar-refractivity contribution in [2.45, 2.75) is 26.3 Å². The molecule has 12 heavy (non-hydrogen) atoms. The fourth-order valence-electron chi connectivity index (χ4n) is 0.962. The summed E-state index contributed by atoms with van der Waals surface area (Å²) in [6.45, 7) is 5.74. The molecule has 0 radical (unpaired) electrons. The van der Waals surface area contributed by atoms with Crippen LogP contribution in [0.5, 0.6) is 0 Å². The second kappa shape index (κ2) is 2.62. The molecule has 1 rings (SSSR count). The van der Waals surface area contributed by atoms with Crippen molar-refractivity contribution in [2.75, 3.05) is 0 Å². The van der Waals surface area contributed by atoms with Crippen LogP contribution in [-0.4, -0.2) is 11.1 Å². The van der Waals surface area contributed by atoms with E-state index in [2.05, 4.69) is 0 Å². The molecule has 4 nitrogen and oxygen atoms in total. The Hall–Kier alpha value is -1.32. The van der Waals surface area contributed by atoms with Crippen LogP contribution < -0.4 is 4.57 Å². The van der Waals surface area contributed by atoms with Gasteiger partial charge in [-0.05, 0) is 0 Å². The Balaban J connectivity index is 3.17. The molecule has 0 aliphatic heterocycles. The lowest BCUT2D eigenvalue weighted by atomic mass is 10.1. The van der Waals surface area contributed by atoms with Crippen molar-refractivity contribution in [1.29, 1.82) is 0 Å². The van der Waals surface area contributed by atoms with Gasteiger partial charge in [0.1, 0.15) is 0 Å². The Morgan fingerprint density at radius 3 is 2.50 bits per heavy atom. The van der Waals surface area contributed by atoms with Gasteiger partial charge >= 0.3 is 11.9 Å². The molecule has 0 aromatic carbocycles. The first-order valence-electron chi connectivity index (χ1n) is 3.66. The Morgan fingerprint density at radius 2 is 2.17 bits per heavy atom. The number of hydrogen-bond acceptors (Lipinski definition) is 2. The highest BCUT2D eigenvalue weighted by atomic mass is 16.4. The maximum Gasteiger partial charge on any atom is 0.461 e. The van der Waals surface area contributed by atoms with E-state index in [9.17, 15) is 4.79 Å². The molecule has 66 valence electrons. The fraction of sp³-hybridized carbons (Fsp3) is 0.500. The summed E-state index contributed by atoms with van der Waals surface area (Å²) in [6, 6.07) is 0. The smallest absolute Gasteiger partial charge is 0.461 e. The SMILES string of the molecule is CC(C)(C)[n+]1ccoc1C(=O)O. The van der Waals surface area contributed by atoms with Gasteiger partial charge in [0, 0.05) is 20.8 Å². The third-order valence-electron chi connectivity index (χ3n) is 1.51. The summed E-state index contributed by atoms with van der Waals surface area (Å²) in [5.41, 5.74) is -0.263. The van der Waals surface area contributed by atoms with Gasteiger partial charge in [-0.25, -0.2) is 4.79 Å². The number of nitrogens with zero attached hydrogens (tertiary/aromatic N) is 1. The van der Waals surface area contributed by atoms with E-state index in [4.69, 9.17) is 9.52 Å². The first-order valence-corrected chi connectivity index (χ1v) is 3.66. The van der Waals surface area contributed by atoms with E-state index in [0.717, 1.165) is 0 Å². The van der Waals surface area contributed by atoms with Gasteiger partial charge in [0.25, 0.3) is 0 Å². The molecule has 0 bridgehead atoms. The minimum Gasteiger partial charge on any atom is -0.471 e. The maximum absolute atomic E-state index is 10.6. The van der Waals surface area contributed by atoms with Crippen LogP contribution in [0.15, 0.2) is 16.9 Å². The molecule has 1 N–H and O–H groups in total. The first-order chi connectivity index (χ1) is 5.43.